The first-order chi connectivity index (χ1) is 13.0. The van der Waals surface area contributed by atoms with E-state index in [9.17, 15) is 38.5 Å². The molecule has 0 fully saturated rings. The lowest BCUT2D eigenvalue weighted by Crippen LogP contribution is -2.43. The number of benzene rings is 1. The maximum absolute atomic E-state index is 12.1. The lowest BCUT2D eigenvalue weighted by molar-refractivity contribution is 0.243. The van der Waals surface area contributed by atoms with Crippen molar-refractivity contribution in [2.75, 3.05) is 5.32 Å². The van der Waals surface area contributed by atoms with Gasteiger partial charge in [0.15, 0.2) is 0 Å². The summed E-state index contributed by atoms with van der Waals surface area (Å²) in [6.45, 7) is 4.59. The minimum Gasteiger partial charge on any atom is -0.333 e. The van der Waals surface area contributed by atoms with E-state index < -0.39 is 76.9 Å². The molecule has 30 heavy (non-hydrogen) atoms. The highest BCUT2D eigenvalue weighted by Gasteiger charge is 2.38. The summed E-state index contributed by atoms with van der Waals surface area (Å²) in [7, 11) is -20.8. The van der Waals surface area contributed by atoms with Crippen molar-refractivity contribution >= 4 is 51.8 Å². The van der Waals surface area contributed by atoms with Crippen LogP contribution in [0, 0.1) is 0 Å². The second kappa shape index (κ2) is 7.67. The molecule has 10 N–H and O–H groups in total. The topological polar surface area (TPSA) is 282 Å². The molecule has 1 aromatic rings. The van der Waals surface area contributed by atoms with Gasteiger partial charge in [-0.3, -0.25) is 0 Å². The maximum atomic E-state index is 12.1. The van der Waals surface area contributed by atoms with Gasteiger partial charge >= 0.3 is 6.03 Å². The second-order valence-corrected chi connectivity index (χ2v) is 12.9. The number of carbonyl (C=O) groups excluding carboxylic acids is 1. The van der Waals surface area contributed by atoms with Gasteiger partial charge in [-0.1, -0.05) is 0 Å². The van der Waals surface area contributed by atoms with Crippen LogP contribution >= 0.6 is 0 Å². The Morgan fingerprint density at radius 2 is 1.13 bits per heavy atom. The molecule has 0 aromatic heterocycles. The van der Waals surface area contributed by atoms with Gasteiger partial charge in [0, 0.05) is 5.54 Å². The molecule has 172 valence electrons. The van der Waals surface area contributed by atoms with E-state index >= 15 is 0 Å². The van der Waals surface area contributed by atoms with Gasteiger partial charge in [-0.05, 0) is 26.8 Å². The number of rotatable bonds is 5. The fraction of sp³-hybridized carbons (Fsp3) is 0.364. The molecular weight excluding hydrogens is 488 g/mol. The number of amides is 2. The van der Waals surface area contributed by atoms with Gasteiger partial charge in [0.1, 0.15) is 19.6 Å². The van der Waals surface area contributed by atoms with E-state index in [1.165, 1.54) is 20.8 Å². The fourth-order valence-corrected chi connectivity index (χ4v) is 7.28. The van der Waals surface area contributed by atoms with Crippen LogP contribution in [-0.2, 0) is 40.1 Å². The number of urea groups is 1. The molecule has 0 aliphatic rings. The first-order valence-electron chi connectivity index (χ1n) is 7.37. The van der Waals surface area contributed by atoms with Crippen LogP contribution in [-0.4, -0.2) is 45.2 Å². The van der Waals surface area contributed by atoms with Crippen molar-refractivity contribution in [2.24, 2.45) is 20.6 Å². The molecule has 1 aromatic carbocycles. The van der Waals surface area contributed by atoms with E-state index in [1.807, 2.05) is 5.32 Å². The molecular formula is C11H20N6O9S4. The van der Waals surface area contributed by atoms with Gasteiger partial charge in [-0.25, -0.2) is 59.0 Å². The molecule has 0 saturated heterocycles. The van der Waals surface area contributed by atoms with Crippen molar-refractivity contribution in [1.82, 2.24) is 5.32 Å². The minimum atomic E-state index is -5.32. The SMILES string of the molecule is CC(C)(C)NC(=O)Nc1cc(S(N)(=O)=O)c(S(N)(=O)=O)c(S(N)(=O)=O)c1S(N)(=O)=O. The highest BCUT2D eigenvalue weighted by atomic mass is 32.2. The smallest absolute Gasteiger partial charge is 0.319 e. The summed E-state index contributed by atoms with van der Waals surface area (Å²) in [6, 6.07) is -0.845. The van der Waals surface area contributed by atoms with Crippen LogP contribution in [0.15, 0.2) is 25.6 Å². The van der Waals surface area contributed by atoms with Crippen LogP contribution in [0.4, 0.5) is 10.5 Å². The van der Waals surface area contributed by atoms with Crippen LogP contribution in [0.25, 0.3) is 0 Å². The van der Waals surface area contributed by atoms with Gasteiger partial charge in [0.25, 0.3) is 0 Å². The summed E-state index contributed by atoms with van der Waals surface area (Å²) in [5.74, 6) is 0. The van der Waals surface area contributed by atoms with Crippen molar-refractivity contribution in [3.63, 3.8) is 0 Å². The van der Waals surface area contributed by atoms with E-state index in [0.717, 1.165) is 0 Å². The van der Waals surface area contributed by atoms with Crippen LogP contribution in [0.5, 0.6) is 0 Å². The monoisotopic (exact) mass is 508 g/mol. The summed E-state index contributed by atoms with van der Waals surface area (Å²) in [4.78, 5) is 5.71. The second-order valence-electron chi connectivity index (χ2n) is 6.92. The lowest BCUT2D eigenvalue weighted by atomic mass is 10.1. The molecule has 1 rings (SSSR count). The van der Waals surface area contributed by atoms with E-state index in [1.54, 1.807) is 0 Å². The zero-order chi connectivity index (χ0) is 24.1. The van der Waals surface area contributed by atoms with Crippen LogP contribution in [0.3, 0.4) is 0 Å². The van der Waals surface area contributed by atoms with Crippen molar-refractivity contribution < 1.29 is 38.5 Å². The van der Waals surface area contributed by atoms with Crippen LogP contribution in [0.2, 0.25) is 0 Å². The van der Waals surface area contributed by atoms with Crippen molar-refractivity contribution in [2.45, 2.75) is 45.9 Å². The van der Waals surface area contributed by atoms with Crippen molar-refractivity contribution in [3.05, 3.63) is 6.07 Å². The van der Waals surface area contributed by atoms with Crippen molar-refractivity contribution in [3.8, 4) is 0 Å². The molecule has 15 nitrogen and oxygen atoms in total. The molecule has 0 atom stereocenters. The maximum Gasteiger partial charge on any atom is 0.319 e. The standard InChI is InChI=1S/C11H20N6O9S4/c1-11(2,3)17-10(18)16-5-4-6(27(12,19)20)8(29(14,23)24)9(30(15,25)26)7(5)28(13,21)22/h4H,1-3H3,(H2,12,19,20)(H2,13,21,22)(H2,14,23,24)(H2,15,25,26)(H2,16,17,18). The number of primary sulfonamides is 4. The molecule has 19 heteroatoms. The third kappa shape index (κ3) is 6.31. The third-order valence-electron chi connectivity index (χ3n) is 3.05. The van der Waals surface area contributed by atoms with Gasteiger partial charge in [-0.15, -0.1) is 0 Å². The zero-order valence-electron chi connectivity index (χ0n) is 15.7. The Hall–Kier alpha value is -1.87. The number of anilines is 1. The van der Waals surface area contributed by atoms with E-state index in [0.29, 0.717) is 0 Å². The first-order valence-corrected chi connectivity index (χ1v) is 13.6. The fourth-order valence-electron chi connectivity index (χ4n) is 2.21. The van der Waals surface area contributed by atoms with E-state index in [-0.39, 0.29) is 6.07 Å². The molecule has 0 spiro atoms. The molecule has 2 amide bonds. The molecule has 0 aliphatic heterocycles. The molecule has 0 bridgehead atoms. The summed E-state index contributed by atoms with van der Waals surface area (Å²) in [6.07, 6.45) is 0. The van der Waals surface area contributed by atoms with Gasteiger partial charge < -0.3 is 10.6 Å². The normalized spacial score (nSPS) is 13.7. The van der Waals surface area contributed by atoms with Gasteiger partial charge in [0.05, 0.1) is 5.69 Å². The number of nitrogens with one attached hydrogen (secondary N) is 2. The Kier molecular flexibility index (Phi) is 6.69. The van der Waals surface area contributed by atoms with Crippen LogP contribution in [0.1, 0.15) is 20.8 Å². The van der Waals surface area contributed by atoms with Crippen molar-refractivity contribution in [1.29, 1.82) is 0 Å². The highest BCUT2D eigenvalue weighted by molar-refractivity contribution is 7.95. The average molecular weight is 509 g/mol. The summed E-state index contributed by atoms with van der Waals surface area (Å²) < 4.78 is 96.2. The first kappa shape index (κ1) is 26.2. The molecule has 0 aliphatic carbocycles. The minimum absolute atomic E-state index is 0.283. The largest absolute Gasteiger partial charge is 0.333 e. The number of hydrogen-bond acceptors (Lipinski definition) is 9. The van der Waals surface area contributed by atoms with E-state index in [4.69, 9.17) is 20.6 Å². The summed E-state index contributed by atoms with van der Waals surface area (Å²) >= 11 is 0. The Bertz CT molecular complexity index is 1320. The van der Waals surface area contributed by atoms with Crippen LogP contribution < -0.4 is 31.2 Å². The lowest BCUT2D eigenvalue weighted by Gasteiger charge is -2.22. The molecule has 0 saturated carbocycles. The Balaban J connectivity index is 4.33. The quantitative estimate of drug-likeness (QED) is 0.239. The average Bonchev–Trinajstić information content (AvgIpc) is 2.39. The number of hydrogen-bond donors (Lipinski definition) is 6. The molecule has 0 unspecified atom stereocenters. The Labute approximate surface area is 173 Å². The number of nitrogens with two attached hydrogens (primary N) is 4. The Morgan fingerprint density at radius 3 is 1.43 bits per heavy atom. The number of sulfonamides is 4. The summed E-state index contributed by atoms with van der Waals surface area (Å²) in [5.41, 5.74) is -1.91. The highest BCUT2D eigenvalue weighted by Crippen LogP contribution is 2.37. The predicted octanol–water partition coefficient (Wildman–Crippen LogP) is -2.80. The molecule has 0 heterocycles. The zero-order valence-corrected chi connectivity index (χ0v) is 19.0. The van der Waals surface area contributed by atoms with Gasteiger partial charge in [-0.2, -0.15) is 0 Å². The molecule has 0 radical (unpaired) electrons. The van der Waals surface area contributed by atoms with E-state index in [2.05, 4.69) is 5.32 Å². The summed E-state index contributed by atoms with van der Waals surface area (Å²) in [5, 5.41) is 24.0. The third-order valence-corrected chi connectivity index (χ3v) is 7.34. The number of carbonyl (C=O) groups is 1. The predicted molar refractivity (Wildman–Crippen MR) is 104 cm³/mol. The Morgan fingerprint density at radius 1 is 0.733 bits per heavy atom. The van der Waals surface area contributed by atoms with Gasteiger partial charge in [0.2, 0.25) is 40.1 Å².